The smallest absolute Gasteiger partial charge is 0.311 e. The van der Waals surface area contributed by atoms with E-state index in [0.29, 0.717) is 6.54 Å². The van der Waals surface area contributed by atoms with Gasteiger partial charge in [-0.25, -0.2) is 4.98 Å². The quantitative estimate of drug-likeness (QED) is 0.608. The Hall–Kier alpha value is -1.89. The predicted molar refractivity (Wildman–Crippen MR) is 67.4 cm³/mol. The van der Waals surface area contributed by atoms with Crippen molar-refractivity contribution in [1.29, 1.82) is 0 Å². The molecule has 2 rings (SSSR count). The molecule has 0 spiro atoms. The fraction of sp³-hybridized carbons (Fsp3) is 0.545. The summed E-state index contributed by atoms with van der Waals surface area (Å²) in [6, 6.07) is 2.77. The molecule has 1 aromatic rings. The fourth-order valence-electron chi connectivity index (χ4n) is 2.01. The van der Waals surface area contributed by atoms with Crippen molar-refractivity contribution in [2.24, 2.45) is 0 Å². The summed E-state index contributed by atoms with van der Waals surface area (Å²) in [5.74, 6) is 0.450. The molecule has 1 fully saturated rings. The van der Waals surface area contributed by atoms with Gasteiger partial charge in [0, 0.05) is 19.7 Å². The number of nitrogens with two attached hydrogens (primary N) is 1. The molecule has 1 heterocycles. The Bertz CT molecular complexity index is 454. The number of nitrogens with one attached hydrogen (secondary N) is 1. The summed E-state index contributed by atoms with van der Waals surface area (Å²) in [5.41, 5.74) is 5.24. The van der Waals surface area contributed by atoms with E-state index in [1.807, 2.05) is 0 Å². The van der Waals surface area contributed by atoms with E-state index >= 15 is 0 Å². The predicted octanol–water partition coefficient (Wildman–Crippen LogP) is 1.55. The van der Waals surface area contributed by atoms with E-state index in [-0.39, 0.29) is 22.9 Å². The van der Waals surface area contributed by atoms with Crippen LogP contribution in [0.4, 0.5) is 17.3 Å². The van der Waals surface area contributed by atoms with Crippen molar-refractivity contribution in [2.75, 3.05) is 24.7 Å². The largest absolute Gasteiger partial charge is 0.384 e. The number of ether oxygens (including phenoxy) is 1. The Morgan fingerprint density at radius 1 is 1.61 bits per heavy atom. The number of methoxy groups -OCH3 is 1. The second kappa shape index (κ2) is 4.77. The van der Waals surface area contributed by atoms with E-state index in [1.165, 1.54) is 12.1 Å². The van der Waals surface area contributed by atoms with Gasteiger partial charge in [-0.15, -0.1) is 0 Å². The monoisotopic (exact) mass is 252 g/mol. The maximum absolute atomic E-state index is 10.9. The lowest BCUT2D eigenvalue weighted by atomic mass is 9.80. The summed E-state index contributed by atoms with van der Waals surface area (Å²) in [5, 5.41) is 13.8. The number of rotatable bonds is 5. The minimum Gasteiger partial charge on any atom is -0.384 e. The Labute approximate surface area is 104 Å². The number of nitrogens with zero attached hydrogens (tertiary/aromatic N) is 2. The zero-order valence-corrected chi connectivity index (χ0v) is 10.2. The van der Waals surface area contributed by atoms with Crippen LogP contribution < -0.4 is 11.1 Å². The molecule has 0 saturated heterocycles. The van der Waals surface area contributed by atoms with Crippen LogP contribution in [0, 0.1) is 10.1 Å². The third-order valence-electron chi connectivity index (χ3n) is 3.37. The van der Waals surface area contributed by atoms with E-state index in [0.717, 1.165) is 19.3 Å². The molecule has 0 amide bonds. The van der Waals surface area contributed by atoms with E-state index < -0.39 is 4.92 Å². The zero-order chi connectivity index (χ0) is 13.2. The van der Waals surface area contributed by atoms with Gasteiger partial charge in [0.1, 0.15) is 5.82 Å². The highest BCUT2D eigenvalue weighted by molar-refractivity contribution is 5.59. The fourth-order valence-corrected chi connectivity index (χ4v) is 2.01. The number of anilines is 2. The van der Waals surface area contributed by atoms with Gasteiger partial charge in [-0.3, -0.25) is 10.1 Å². The topological polar surface area (TPSA) is 103 Å². The summed E-state index contributed by atoms with van der Waals surface area (Å²) in [6.07, 6.45) is 3.02. The molecule has 18 heavy (non-hydrogen) atoms. The van der Waals surface area contributed by atoms with Crippen molar-refractivity contribution < 1.29 is 9.66 Å². The maximum Gasteiger partial charge on any atom is 0.311 e. The number of hydrogen-bond acceptors (Lipinski definition) is 6. The minimum atomic E-state index is -0.477. The van der Waals surface area contributed by atoms with Gasteiger partial charge >= 0.3 is 5.69 Å². The van der Waals surface area contributed by atoms with Crippen molar-refractivity contribution in [2.45, 2.75) is 24.9 Å². The summed E-state index contributed by atoms with van der Waals surface area (Å²) in [4.78, 5) is 14.3. The molecule has 0 aromatic carbocycles. The lowest BCUT2D eigenvalue weighted by Crippen LogP contribution is -2.45. The standard InChI is InChI=1S/C11H16N4O3/c1-18-11(5-2-6-11)7-13-10-8(15(16)17)3-4-9(12)14-10/h3-4H,2,5-7H2,1H3,(H3,12,13,14). The molecule has 7 nitrogen and oxygen atoms in total. The zero-order valence-electron chi connectivity index (χ0n) is 10.2. The molecular weight excluding hydrogens is 236 g/mol. The Morgan fingerprint density at radius 3 is 2.83 bits per heavy atom. The molecule has 0 bridgehead atoms. The average molecular weight is 252 g/mol. The van der Waals surface area contributed by atoms with Crippen molar-refractivity contribution >= 4 is 17.3 Å². The number of nitro groups is 1. The van der Waals surface area contributed by atoms with Gasteiger partial charge in [-0.05, 0) is 25.3 Å². The van der Waals surface area contributed by atoms with Crippen molar-refractivity contribution in [3.63, 3.8) is 0 Å². The summed E-state index contributed by atoms with van der Waals surface area (Å²) >= 11 is 0. The number of pyridine rings is 1. The van der Waals surface area contributed by atoms with Gasteiger partial charge < -0.3 is 15.8 Å². The van der Waals surface area contributed by atoms with Crippen molar-refractivity contribution in [3.05, 3.63) is 22.2 Å². The molecule has 1 aliphatic carbocycles. The molecular formula is C11H16N4O3. The lowest BCUT2D eigenvalue weighted by Gasteiger charge is -2.40. The van der Waals surface area contributed by atoms with Crippen LogP contribution in [0.5, 0.6) is 0 Å². The highest BCUT2D eigenvalue weighted by Gasteiger charge is 2.37. The van der Waals surface area contributed by atoms with E-state index in [9.17, 15) is 10.1 Å². The second-order valence-corrected chi connectivity index (χ2v) is 4.46. The number of hydrogen-bond donors (Lipinski definition) is 2. The first-order valence-corrected chi connectivity index (χ1v) is 5.76. The number of nitrogen functional groups attached to an aromatic ring is 1. The van der Waals surface area contributed by atoms with E-state index in [2.05, 4.69) is 10.3 Å². The molecule has 1 aromatic heterocycles. The van der Waals surface area contributed by atoms with Gasteiger partial charge in [0.2, 0.25) is 5.82 Å². The van der Waals surface area contributed by atoms with Gasteiger partial charge in [-0.2, -0.15) is 0 Å². The third-order valence-corrected chi connectivity index (χ3v) is 3.37. The first-order chi connectivity index (χ1) is 8.56. The molecule has 0 aliphatic heterocycles. The van der Waals surface area contributed by atoms with Gasteiger partial charge in [-0.1, -0.05) is 0 Å². The molecule has 3 N–H and O–H groups in total. The minimum absolute atomic E-state index is 0.0743. The lowest BCUT2D eigenvalue weighted by molar-refractivity contribution is -0.384. The highest BCUT2D eigenvalue weighted by atomic mass is 16.6. The van der Waals surface area contributed by atoms with Crippen LogP contribution in [-0.2, 0) is 4.74 Å². The number of aromatic nitrogens is 1. The van der Waals surface area contributed by atoms with Crippen LogP contribution in [0.1, 0.15) is 19.3 Å². The van der Waals surface area contributed by atoms with Crippen molar-refractivity contribution in [3.8, 4) is 0 Å². The van der Waals surface area contributed by atoms with Crippen LogP contribution >= 0.6 is 0 Å². The van der Waals surface area contributed by atoms with Crippen LogP contribution in [0.25, 0.3) is 0 Å². The molecule has 1 aliphatic rings. The van der Waals surface area contributed by atoms with Crippen LogP contribution in [-0.4, -0.2) is 29.2 Å². The molecule has 0 atom stereocenters. The molecule has 98 valence electrons. The van der Waals surface area contributed by atoms with Crippen LogP contribution in [0.3, 0.4) is 0 Å². The summed E-state index contributed by atoms with van der Waals surface area (Å²) in [6.45, 7) is 0.501. The first kappa shape index (κ1) is 12.6. The first-order valence-electron chi connectivity index (χ1n) is 5.76. The summed E-state index contributed by atoms with van der Waals surface area (Å²) < 4.78 is 5.43. The van der Waals surface area contributed by atoms with Gasteiger partial charge in [0.25, 0.3) is 0 Å². The molecule has 0 unspecified atom stereocenters. The van der Waals surface area contributed by atoms with Gasteiger partial charge in [0.15, 0.2) is 0 Å². The Balaban J connectivity index is 2.12. The maximum atomic E-state index is 10.9. The summed E-state index contributed by atoms with van der Waals surface area (Å²) in [7, 11) is 1.65. The van der Waals surface area contributed by atoms with Crippen LogP contribution in [0.15, 0.2) is 12.1 Å². The van der Waals surface area contributed by atoms with E-state index in [4.69, 9.17) is 10.5 Å². The highest BCUT2D eigenvalue weighted by Crippen LogP contribution is 2.35. The SMILES string of the molecule is COC1(CNc2nc(N)ccc2[N+](=O)[O-])CCC1. The van der Waals surface area contributed by atoms with E-state index in [1.54, 1.807) is 7.11 Å². The Kier molecular flexibility index (Phi) is 3.33. The molecule has 0 radical (unpaired) electrons. The molecule has 1 saturated carbocycles. The normalized spacial score (nSPS) is 16.9. The van der Waals surface area contributed by atoms with Crippen LogP contribution in [0.2, 0.25) is 0 Å². The average Bonchev–Trinajstić information content (AvgIpc) is 2.28. The van der Waals surface area contributed by atoms with Gasteiger partial charge in [0.05, 0.1) is 10.5 Å². The third kappa shape index (κ3) is 2.35. The molecule has 7 heteroatoms. The second-order valence-electron chi connectivity index (χ2n) is 4.46. The Morgan fingerprint density at radius 2 is 2.33 bits per heavy atom. The van der Waals surface area contributed by atoms with Crippen molar-refractivity contribution in [1.82, 2.24) is 4.98 Å².